The predicted molar refractivity (Wildman–Crippen MR) is 25.0 cm³/mol. The van der Waals surface area contributed by atoms with Gasteiger partial charge in [-0.05, 0) is 0 Å². The minimum Gasteiger partial charge on any atom is -1.00 e. The van der Waals surface area contributed by atoms with Crippen molar-refractivity contribution >= 4 is 0 Å². The molecule has 0 rings (SSSR count). The molecule has 0 radical (unpaired) electrons. The van der Waals surface area contributed by atoms with Gasteiger partial charge in [0.1, 0.15) is 0 Å². The second kappa shape index (κ2) is 10.2. The van der Waals surface area contributed by atoms with Crippen LogP contribution in [0.5, 0.6) is 0 Å². The Bertz CT molecular complexity index is 30.5. The number of rotatable bonds is 4. The number of aliphatic hydroxyl groups excluding tert-OH is 2. The van der Waals surface area contributed by atoms with Gasteiger partial charge in [0.05, 0.1) is 26.4 Å². The molecule has 0 aliphatic heterocycles. The van der Waals surface area contributed by atoms with E-state index >= 15 is 0 Å². The molecule has 52 valence electrons. The molecule has 0 atom stereocenters. The molecule has 0 bridgehead atoms. The first kappa shape index (κ1) is 11.0. The fourth-order valence-electron chi connectivity index (χ4n) is 0.231. The topological polar surface area (TPSA) is 49.7 Å². The van der Waals surface area contributed by atoms with E-state index in [4.69, 9.17) is 10.2 Å². The molecule has 0 unspecified atom stereocenters. The van der Waals surface area contributed by atoms with Gasteiger partial charge in [-0.1, -0.05) is 0 Å². The van der Waals surface area contributed by atoms with Gasteiger partial charge in [-0.3, -0.25) is 0 Å². The Labute approximate surface area is 54.7 Å². The van der Waals surface area contributed by atoms with Gasteiger partial charge in [0.15, 0.2) is 0 Å². The Morgan fingerprint density at radius 2 is 1.38 bits per heavy atom. The molecule has 0 aromatic heterocycles. The summed E-state index contributed by atoms with van der Waals surface area (Å²) >= 11 is 0. The van der Waals surface area contributed by atoms with Crippen molar-refractivity contribution in [2.75, 3.05) is 26.4 Å². The quantitative estimate of drug-likeness (QED) is 0.393. The monoisotopic (exact) mass is 141 g/mol. The van der Waals surface area contributed by atoms with Gasteiger partial charge in [0, 0.05) is 0 Å². The highest BCUT2D eigenvalue weighted by Gasteiger charge is 1.79. The van der Waals surface area contributed by atoms with Gasteiger partial charge in [0.25, 0.3) is 0 Å². The number of aliphatic hydroxyl groups is 2. The highest BCUT2D eigenvalue weighted by atomic mass is 35.5. The van der Waals surface area contributed by atoms with Crippen molar-refractivity contribution < 1.29 is 27.4 Å². The standard InChI is InChI=1S/C4H10O3.ClH/c5-1-3-7-4-2-6;/h5-6H,1-4H2;1H/p-1. The van der Waals surface area contributed by atoms with Crippen LogP contribution in [0.2, 0.25) is 0 Å². The Morgan fingerprint density at radius 3 is 1.62 bits per heavy atom. The molecule has 0 aliphatic carbocycles. The van der Waals surface area contributed by atoms with Crippen molar-refractivity contribution in [3.63, 3.8) is 0 Å². The van der Waals surface area contributed by atoms with Crippen LogP contribution in [-0.2, 0) is 4.74 Å². The predicted octanol–water partition coefficient (Wildman–Crippen LogP) is -4.01. The fraction of sp³-hybridized carbons (Fsp3) is 1.00. The number of halogens is 1. The SMILES string of the molecule is OCCOCCO.[Cl-]. The van der Waals surface area contributed by atoms with Gasteiger partial charge in [-0.25, -0.2) is 0 Å². The minimum absolute atomic E-state index is 0. The van der Waals surface area contributed by atoms with Crippen LogP contribution in [0.15, 0.2) is 0 Å². The lowest BCUT2D eigenvalue weighted by Crippen LogP contribution is -3.00. The summed E-state index contributed by atoms with van der Waals surface area (Å²) in [6.45, 7) is 0.696. The van der Waals surface area contributed by atoms with Crippen molar-refractivity contribution in [2.24, 2.45) is 0 Å². The molecule has 0 amide bonds. The maximum atomic E-state index is 8.09. The van der Waals surface area contributed by atoms with E-state index in [0.717, 1.165) is 0 Å². The summed E-state index contributed by atoms with van der Waals surface area (Å²) in [6.07, 6.45) is 0. The largest absolute Gasteiger partial charge is 1.00 e. The van der Waals surface area contributed by atoms with Gasteiger partial charge >= 0.3 is 0 Å². The van der Waals surface area contributed by atoms with E-state index in [2.05, 4.69) is 4.74 Å². The molecule has 2 N–H and O–H groups in total. The normalized spacial score (nSPS) is 8.25. The van der Waals surface area contributed by atoms with E-state index in [0.29, 0.717) is 13.2 Å². The molecular weight excluding hydrogens is 131 g/mol. The molecule has 0 fully saturated rings. The lowest BCUT2D eigenvalue weighted by Gasteiger charge is -1.94. The third kappa shape index (κ3) is 9.48. The molecule has 4 heteroatoms. The second-order valence-electron chi connectivity index (χ2n) is 1.06. The summed E-state index contributed by atoms with van der Waals surface area (Å²) in [5, 5.41) is 16.2. The molecule has 0 heterocycles. The van der Waals surface area contributed by atoms with Crippen LogP contribution in [0, 0.1) is 0 Å². The van der Waals surface area contributed by atoms with E-state index in [1.54, 1.807) is 0 Å². The molecule has 0 aromatic rings. The molecule has 0 aromatic carbocycles. The molecule has 8 heavy (non-hydrogen) atoms. The number of ether oxygens (including phenoxy) is 1. The fourth-order valence-corrected chi connectivity index (χ4v) is 0.231. The third-order valence-electron chi connectivity index (χ3n) is 0.471. The zero-order chi connectivity index (χ0) is 5.54. The van der Waals surface area contributed by atoms with Crippen molar-refractivity contribution in [1.82, 2.24) is 0 Å². The summed E-state index contributed by atoms with van der Waals surface area (Å²) in [6, 6.07) is 0. The van der Waals surface area contributed by atoms with Crippen molar-refractivity contribution in [3.8, 4) is 0 Å². The lowest BCUT2D eigenvalue weighted by atomic mass is 10.7. The summed E-state index contributed by atoms with van der Waals surface area (Å²) in [4.78, 5) is 0. The first-order valence-corrected chi connectivity index (χ1v) is 2.21. The van der Waals surface area contributed by atoms with Crippen LogP contribution >= 0.6 is 0 Å². The second-order valence-corrected chi connectivity index (χ2v) is 1.06. The average Bonchev–Trinajstić information content (AvgIpc) is 1.69. The van der Waals surface area contributed by atoms with E-state index in [-0.39, 0.29) is 25.6 Å². The van der Waals surface area contributed by atoms with Gasteiger partial charge in [-0.15, -0.1) is 0 Å². The Kier molecular flexibility index (Phi) is 14.1. The van der Waals surface area contributed by atoms with Gasteiger partial charge in [0.2, 0.25) is 0 Å². The van der Waals surface area contributed by atoms with Crippen LogP contribution < -0.4 is 12.4 Å². The zero-order valence-electron chi connectivity index (χ0n) is 4.51. The van der Waals surface area contributed by atoms with Crippen LogP contribution in [0.1, 0.15) is 0 Å². The van der Waals surface area contributed by atoms with Crippen LogP contribution in [0.4, 0.5) is 0 Å². The van der Waals surface area contributed by atoms with E-state index in [1.807, 2.05) is 0 Å². The first-order valence-electron chi connectivity index (χ1n) is 2.21. The summed E-state index contributed by atoms with van der Waals surface area (Å²) in [5.74, 6) is 0. The van der Waals surface area contributed by atoms with E-state index in [9.17, 15) is 0 Å². The summed E-state index contributed by atoms with van der Waals surface area (Å²) in [7, 11) is 0. The van der Waals surface area contributed by atoms with E-state index < -0.39 is 0 Å². The van der Waals surface area contributed by atoms with Gasteiger partial charge in [-0.2, -0.15) is 0 Å². The molecule has 0 spiro atoms. The molecule has 0 saturated heterocycles. The Morgan fingerprint density at radius 1 is 1.00 bits per heavy atom. The van der Waals surface area contributed by atoms with Crippen molar-refractivity contribution in [3.05, 3.63) is 0 Å². The molecule has 0 saturated carbocycles. The summed E-state index contributed by atoms with van der Waals surface area (Å²) in [5.41, 5.74) is 0. The number of hydrogen-bond donors (Lipinski definition) is 2. The third-order valence-corrected chi connectivity index (χ3v) is 0.471. The smallest absolute Gasteiger partial charge is 0.0698 e. The average molecular weight is 142 g/mol. The Balaban J connectivity index is 0. The first-order chi connectivity index (χ1) is 3.41. The van der Waals surface area contributed by atoms with Crippen LogP contribution in [0.3, 0.4) is 0 Å². The minimum atomic E-state index is 0. The molecule has 0 aliphatic rings. The molecular formula is C4H10ClO3-. The van der Waals surface area contributed by atoms with Crippen molar-refractivity contribution in [2.45, 2.75) is 0 Å². The van der Waals surface area contributed by atoms with Crippen molar-refractivity contribution in [1.29, 1.82) is 0 Å². The maximum absolute atomic E-state index is 8.09. The highest BCUT2D eigenvalue weighted by molar-refractivity contribution is 4.24. The zero-order valence-corrected chi connectivity index (χ0v) is 5.26. The van der Waals surface area contributed by atoms with Gasteiger partial charge < -0.3 is 27.4 Å². The highest BCUT2D eigenvalue weighted by Crippen LogP contribution is 1.68. The Hall–Kier alpha value is 0.170. The van der Waals surface area contributed by atoms with E-state index in [1.165, 1.54) is 0 Å². The number of hydrogen-bond acceptors (Lipinski definition) is 3. The lowest BCUT2D eigenvalue weighted by molar-refractivity contribution is -0.00000376. The summed E-state index contributed by atoms with van der Waals surface area (Å²) < 4.78 is 4.63. The molecule has 3 nitrogen and oxygen atoms in total. The van der Waals surface area contributed by atoms with Crippen LogP contribution in [-0.4, -0.2) is 36.6 Å². The maximum Gasteiger partial charge on any atom is 0.0698 e. The van der Waals surface area contributed by atoms with Crippen LogP contribution in [0.25, 0.3) is 0 Å².